The van der Waals surface area contributed by atoms with Crippen molar-refractivity contribution in [2.75, 3.05) is 24.6 Å². The van der Waals surface area contributed by atoms with Gasteiger partial charge in [-0.05, 0) is 24.0 Å². The average Bonchev–Trinajstić information content (AvgIpc) is 3.82. The molecular weight excluding hydrogens is 757 g/mol. The molecule has 0 saturated heterocycles. The Morgan fingerprint density at radius 1 is 0.648 bits per heavy atom. The van der Waals surface area contributed by atoms with Crippen molar-refractivity contribution in [3.63, 3.8) is 0 Å². The molecule has 0 unspecified atom stereocenters. The third-order valence-electron chi connectivity index (χ3n) is 8.52. The van der Waals surface area contributed by atoms with E-state index in [1.807, 2.05) is 71.4 Å². The van der Waals surface area contributed by atoms with Gasteiger partial charge in [0.1, 0.15) is 9.66 Å². The number of unbranched alkanes of at least 4 members (excludes halogenated alkanes) is 3. The van der Waals surface area contributed by atoms with Gasteiger partial charge < -0.3 is 10.6 Å². The topological polar surface area (TPSA) is 128 Å². The maximum Gasteiger partial charge on any atom is 0.263 e. The quantitative estimate of drug-likeness (QED) is 0.0371. The minimum atomic E-state index is -0.141. The number of benzene rings is 2. The number of allylic oxidation sites excluding steroid dienone is 2. The van der Waals surface area contributed by atoms with Crippen molar-refractivity contribution in [2.45, 2.75) is 49.1 Å². The van der Waals surface area contributed by atoms with Crippen molar-refractivity contribution in [1.82, 2.24) is 29.7 Å². The van der Waals surface area contributed by atoms with Crippen LogP contribution in [-0.2, 0) is 22.7 Å². The van der Waals surface area contributed by atoms with Crippen LogP contribution in [0.5, 0.6) is 0 Å². The summed E-state index contributed by atoms with van der Waals surface area (Å²) in [7, 11) is 0. The van der Waals surface area contributed by atoms with Gasteiger partial charge >= 0.3 is 0 Å². The van der Waals surface area contributed by atoms with E-state index >= 15 is 0 Å². The summed E-state index contributed by atoms with van der Waals surface area (Å²) in [5.41, 5.74) is 3.36. The molecule has 10 nitrogen and oxygen atoms in total. The zero-order valence-corrected chi connectivity index (χ0v) is 32.9. The van der Waals surface area contributed by atoms with Crippen molar-refractivity contribution >= 4 is 78.4 Å². The first-order valence-electron chi connectivity index (χ1n) is 17.5. The van der Waals surface area contributed by atoms with Crippen LogP contribution in [0.15, 0.2) is 117 Å². The number of hydrogen-bond acceptors (Lipinski definition) is 10. The predicted molar refractivity (Wildman–Crippen MR) is 225 cm³/mol. The van der Waals surface area contributed by atoms with E-state index in [0.29, 0.717) is 56.9 Å². The maximum atomic E-state index is 13.5. The molecule has 2 amide bonds. The van der Waals surface area contributed by atoms with Crippen LogP contribution >= 0.6 is 46.2 Å². The first-order chi connectivity index (χ1) is 26.4. The summed E-state index contributed by atoms with van der Waals surface area (Å²) in [4.78, 5) is 63.2. The molecule has 0 aliphatic carbocycles. The third-order valence-corrected chi connectivity index (χ3v) is 12.2. The highest BCUT2D eigenvalue weighted by Gasteiger charge is 2.19. The van der Waals surface area contributed by atoms with Crippen LogP contribution < -0.4 is 21.8 Å². The number of carbonyl (C=O) groups is 2. The van der Waals surface area contributed by atoms with Gasteiger partial charge in [0.15, 0.2) is 10.3 Å². The SMILES string of the molecule is C=CCn1c(SCC(=O)NCCCCCCNC(=O)CSc2nc3scc(-c4ccccc4)c3c(=O)n2CC=C)nc2scc(-c3ccccc3)c2c1=O. The molecule has 6 rings (SSSR count). The van der Waals surface area contributed by atoms with E-state index in [4.69, 9.17) is 9.97 Å². The highest BCUT2D eigenvalue weighted by molar-refractivity contribution is 8.00. The van der Waals surface area contributed by atoms with Gasteiger partial charge in [-0.3, -0.25) is 28.3 Å². The van der Waals surface area contributed by atoms with Gasteiger partial charge in [-0.1, -0.05) is 109 Å². The van der Waals surface area contributed by atoms with E-state index in [0.717, 1.165) is 47.9 Å². The number of nitrogens with one attached hydrogen (secondary N) is 2. The maximum absolute atomic E-state index is 13.5. The van der Waals surface area contributed by atoms with Gasteiger partial charge in [-0.25, -0.2) is 9.97 Å². The molecule has 278 valence electrons. The van der Waals surface area contributed by atoms with Crippen molar-refractivity contribution < 1.29 is 9.59 Å². The summed E-state index contributed by atoms with van der Waals surface area (Å²) in [6.07, 6.45) is 6.75. The molecule has 0 fully saturated rings. The Hall–Kier alpha value is -4.76. The summed E-state index contributed by atoms with van der Waals surface area (Å²) in [5, 5.41) is 12.0. The fourth-order valence-electron chi connectivity index (χ4n) is 5.89. The summed E-state index contributed by atoms with van der Waals surface area (Å²) in [5.74, 6) is 0.0442. The van der Waals surface area contributed by atoms with Gasteiger partial charge in [0, 0.05) is 48.1 Å². The van der Waals surface area contributed by atoms with E-state index in [1.165, 1.54) is 46.2 Å². The van der Waals surface area contributed by atoms with Crippen molar-refractivity contribution in [2.24, 2.45) is 0 Å². The van der Waals surface area contributed by atoms with E-state index in [2.05, 4.69) is 23.8 Å². The molecule has 14 heteroatoms. The lowest BCUT2D eigenvalue weighted by Crippen LogP contribution is -2.28. The van der Waals surface area contributed by atoms with E-state index in [1.54, 1.807) is 21.3 Å². The lowest BCUT2D eigenvalue weighted by molar-refractivity contribution is -0.119. The normalized spacial score (nSPS) is 11.2. The van der Waals surface area contributed by atoms with Gasteiger partial charge in [0.2, 0.25) is 11.8 Å². The molecule has 2 aromatic carbocycles. The number of hydrogen-bond donors (Lipinski definition) is 2. The number of thiophene rings is 2. The van der Waals surface area contributed by atoms with Crippen molar-refractivity contribution in [3.8, 4) is 22.3 Å². The average molecular weight is 797 g/mol. The molecule has 4 heterocycles. The molecule has 4 aromatic heterocycles. The predicted octanol–water partition coefficient (Wildman–Crippen LogP) is 7.61. The summed E-state index contributed by atoms with van der Waals surface area (Å²) in [6.45, 7) is 9.29. The Morgan fingerprint density at radius 3 is 1.44 bits per heavy atom. The number of amides is 2. The van der Waals surface area contributed by atoms with Gasteiger partial charge in [-0.2, -0.15) is 0 Å². The molecule has 0 aliphatic rings. The van der Waals surface area contributed by atoms with Crippen LogP contribution in [0.2, 0.25) is 0 Å². The van der Waals surface area contributed by atoms with Crippen LogP contribution in [0.1, 0.15) is 25.7 Å². The van der Waals surface area contributed by atoms with E-state index in [9.17, 15) is 19.2 Å². The first-order valence-corrected chi connectivity index (χ1v) is 21.3. The van der Waals surface area contributed by atoms with Crippen molar-refractivity contribution in [3.05, 3.63) is 117 Å². The van der Waals surface area contributed by atoms with E-state index < -0.39 is 0 Å². The number of carbonyl (C=O) groups excluding carboxylic acids is 2. The molecule has 2 N–H and O–H groups in total. The van der Waals surface area contributed by atoms with Crippen LogP contribution in [0, 0.1) is 0 Å². The van der Waals surface area contributed by atoms with Gasteiger partial charge in [0.25, 0.3) is 11.1 Å². The second-order valence-corrected chi connectivity index (χ2v) is 15.9. The molecular formula is C40H40N6O4S4. The molecule has 0 saturated carbocycles. The fraction of sp³-hybridized carbons (Fsp3) is 0.250. The Bertz CT molecular complexity index is 2220. The Morgan fingerprint density at radius 2 is 1.06 bits per heavy atom. The third kappa shape index (κ3) is 9.30. The highest BCUT2D eigenvalue weighted by Crippen LogP contribution is 2.33. The summed E-state index contributed by atoms with van der Waals surface area (Å²) < 4.78 is 3.15. The van der Waals surface area contributed by atoms with Crippen LogP contribution in [0.3, 0.4) is 0 Å². The molecule has 54 heavy (non-hydrogen) atoms. The monoisotopic (exact) mass is 796 g/mol. The fourth-order valence-corrected chi connectivity index (χ4v) is 9.55. The Balaban J connectivity index is 0.907. The smallest absolute Gasteiger partial charge is 0.263 e. The van der Waals surface area contributed by atoms with Gasteiger partial charge in [0.05, 0.1) is 22.3 Å². The van der Waals surface area contributed by atoms with Crippen LogP contribution in [-0.4, -0.2) is 55.5 Å². The first kappa shape index (κ1) is 38.9. The van der Waals surface area contributed by atoms with Crippen LogP contribution in [0.25, 0.3) is 42.7 Å². The molecule has 0 bridgehead atoms. The Labute approximate surface area is 329 Å². The van der Waals surface area contributed by atoms with Crippen LogP contribution in [0.4, 0.5) is 0 Å². The number of aromatic nitrogens is 4. The minimum absolute atomic E-state index is 0.122. The largest absolute Gasteiger partial charge is 0.355 e. The van der Waals surface area contributed by atoms with Crippen molar-refractivity contribution in [1.29, 1.82) is 0 Å². The number of thioether (sulfide) groups is 2. The zero-order valence-electron chi connectivity index (χ0n) is 29.6. The zero-order chi connectivity index (χ0) is 37.9. The lowest BCUT2D eigenvalue weighted by atomic mass is 10.1. The molecule has 0 radical (unpaired) electrons. The summed E-state index contributed by atoms with van der Waals surface area (Å²) in [6, 6.07) is 19.6. The molecule has 0 spiro atoms. The van der Waals surface area contributed by atoms with Gasteiger partial charge in [-0.15, -0.1) is 35.8 Å². The van der Waals surface area contributed by atoms with E-state index in [-0.39, 0.29) is 34.4 Å². The number of nitrogens with zero attached hydrogens (tertiary/aromatic N) is 4. The molecule has 0 aliphatic heterocycles. The number of fused-ring (bicyclic) bond motifs is 2. The number of rotatable bonds is 19. The second kappa shape index (κ2) is 19.0. The Kier molecular flexibility index (Phi) is 13.7. The highest BCUT2D eigenvalue weighted by atomic mass is 32.2. The second-order valence-electron chi connectivity index (χ2n) is 12.3. The standard InChI is InChI=1S/C40H40N6O4S4/c1-3-21-45-37(49)33-29(27-15-9-7-10-16-27)23-51-35(33)43-39(45)53-25-31(47)41-19-13-5-6-14-20-42-32(48)26-54-40-44-36-34(38(50)46(40)22-4-2)30(24-52-36)28-17-11-8-12-18-28/h3-4,7-12,15-18,23-24H,1-2,5-6,13-14,19-22,25-26H2,(H,41,47)(H,42,48). The lowest BCUT2D eigenvalue weighted by Gasteiger charge is -2.11. The molecule has 0 atom stereocenters. The molecule has 6 aromatic rings. The minimum Gasteiger partial charge on any atom is -0.355 e. The summed E-state index contributed by atoms with van der Waals surface area (Å²) >= 11 is 5.34.